The smallest absolute Gasteiger partial charge is 0.302 e. The number of aliphatic hydroxyl groups is 1. The van der Waals surface area contributed by atoms with E-state index in [1.807, 2.05) is 0 Å². The molecule has 2 atom stereocenters. The highest BCUT2D eigenvalue weighted by atomic mass is 32.2. The van der Waals surface area contributed by atoms with Crippen LogP contribution in [0.25, 0.3) is 0 Å². The molecule has 1 rings (SSSR count). The molecule has 1 N–H and O–H groups in total. The molecule has 2 unspecified atom stereocenters. The molecular formula is C8H14O4S. The van der Waals surface area contributed by atoms with Crippen LogP contribution >= 0.6 is 11.8 Å². The zero-order valence-corrected chi connectivity index (χ0v) is 8.38. The summed E-state index contributed by atoms with van der Waals surface area (Å²) in [7, 11) is 0. The van der Waals surface area contributed by atoms with E-state index >= 15 is 0 Å². The minimum Gasteiger partial charge on any atom is -0.463 e. The lowest BCUT2D eigenvalue weighted by molar-refractivity contribution is -0.143. The molecule has 0 aromatic heterocycles. The van der Waals surface area contributed by atoms with Crippen LogP contribution in [0.1, 0.15) is 6.92 Å². The number of hydrogen-bond donors (Lipinski definition) is 1. The van der Waals surface area contributed by atoms with Crippen LogP contribution in [0.2, 0.25) is 0 Å². The third-order valence-electron chi connectivity index (χ3n) is 1.50. The molecule has 0 saturated carbocycles. The number of ether oxygens (including phenoxy) is 2. The minimum absolute atomic E-state index is 0.0911. The van der Waals surface area contributed by atoms with Gasteiger partial charge in [0.05, 0.1) is 18.8 Å². The van der Waals surface area contributed by atoms with Gasteiger partial charge in [0.15, 0.2) is 0 Å². The van der Waals surface area contributed by atoms with Crippen molar-refractivity contribution in [3.63, 3.8) is 0 Å². The molecule has 5 heteroatoms. The standard InChI is InChI=1S/C8H14O4S/c1-6(9)11-2-7(10)4-13-5-8-3-12-8/h7-8,10H,2-5H2,1H3. The third-order valence-corrected chi connectivity index (χ3v) is 2.72. The maximum absolute atomic E-state index is 10.4. The monoisotopic (exact) mass is 206 g/mol. The van der Waals surface area contributed by atoms with E-state index in [9.17, 15) is 9.90 Å². The van der Waals surface area contributed by atoms with Gasteiger partial charge in [-0.1, -0.05) is 0 Å². The number of epoxide rings is 1. The molecule has 0 aromatic carbocycles. The summed E-state index contributed by atoms with van der Waals surface area (Å²) in [6.45, 7) is 2.26. The lowest BCUT2D eigenvalue weighted by Crippen LogP contribution is -2.20. The number of thioether (sulfide) groups is 1. The average Bonchev–Trinajstić information content (AvgIpc) is 2.84. The first-order valence-corrected chi connectivity index (χ1v) is 5.34. The SMILES string of the molecule is CC(=O)OCC(O)CSCC1CO1. The summed E-state index contributed by atoms with van der Waals surface area (Å²) in [5, 5.41) is 9.29. The first-order chi connectivity index (χ1) is 6.18. The fourth-order valence-electron chi connectivity index (χ4n) is 0.761. The summed E-state index contributed by atoms with van der Waals surface area (Å²) in [6.07, 6.45) is -0.182. The maximum Gasteiger partial charge on any atom is 0.302 e. The van der Waals surface area contributed by atoms with Crippen molar-refractivity contribution in [3.8, 4) is 0 Å². The van der Waals surface area contributed by atoms with Gasteiger partial charge in [0.1, 0.15) is 6.61 Å². The second-order valence-electron chi connectivity index (χ2n) is 2.95. The van der Waals surface area contributed by atoms with Gasteiger partial charge in [-0.3, -0.25) is 4.79 Å². The van der Waals surface area contributed by atoms with E-state index < -0.39 is 6.10 Å². The van der Waals surface area contributed by atoms with E-state index in [0.29, 0.717) is 11.9 Å². The van der Waals surface area contributed by atoms with Gasteiger partial charge in [0, 0.05) is 18.4 Å². The third kappa shape index (κ3) is 5.90. The molecule has 0 spiro atoms. The van der Waals surface area contributed by atoms with Gasteiger partial charge in [-0.2, -0.15) is 11.8 Å². The van der Waals surface area contributed by atoms with Crippen LogP contribution in [0.5, 0.6) is 0 Å². The molecule has 0 aromatic rings. The van der Waals surface area contributed by atoms with Crippen LogP contribution in [-0.2, 0) is 14.3 Å². The molecule has 1 fully saturated rings. The molecule has 4 nitrogen and oxygen atoms in total. The van der Waals surface area contributed by atoms with Gasteiger partial charge in [-0.15, -0.1) is 0 Å². The Kier molecular flexibility index (Phi) is 4.55. The summed E-state index contributed by atoms with van der Waals surface area (Å²) in [5.41, 5.74) is 0. The van der Waals surface area contributed by atoms with Gasteiger partial charge in [-0.25, -0.2) is 0 Å². The molecule has 0 amide bonds. The van der Waals surface area contributed by atoms with Crippen LogP contribution in [0, 0.1) is 0 Å². The molecule has 1 aliphatic heterocycles. The summed E-state index contributed by atoms with van der Waals surface area (Å²) in [5.74, 6) is 1.15. The van der Waals surface area contributed by atoms with Gasteiger partial charge in [0.25, 0.3) is 0 Å². The topological polar surface area (TPSA) is 59.1 Å². The van der Waals surface area contributed by atoms with Gasteiger partial charge in [-0.05, 0) is 0 Å². The van der Waals surface area contributed by atoms with Crippen molar-refractivity contribution in [2.75, 3.05) is 24.7 Å². The van der Waals surface area contributed by atoms with Crippen LogP contribution < -0.4 is 0 Å². The van der Waals surface area contributed by atoms with Crippen molar-refractivity contribution in [2.24, 2.45) is 0 Å². The molecule has 13 heavy (non-hydrogen) atoms. The number of carbonyl (C=O) groups excluding carboxylic acids is 1. The van der Waals surface area contributed by atoms with E-state index in [0.717, 1.165) is 12.4 Å². The Bertz CT molecular complexity index is 170. The Morgan fingerprint density at radius 2 is 2.54 bits per heavy atom. The lowest BCUT2D eigenvalue weighted by Gasteiger charge is -2.08. The van der Waals surface area contributed by atoms with Crippen molar-refractivity contribution >= 4 is 17.7 Å². The number of aliphatic hydroxyl groups excluding tert-OH is 1. The van der Waals surface area contributed by atoms with Crippen molar-refractivity contribution in [2.45, 2.75) is 19.1 Å². The van der Waals surface area contributed by atoms with Crippen LogP contribution in [0.4, 0.5) is 0 Å². The average molecular weight is 206 g/mol. The second kappa shape index (κ2) is 5.47. The Morgan fingerprint density at radius 1 is 1.85 bits per heavy atom. The molecule has 0 bridgehead atoms. The fraction of sp³-hybridized carbons (Fsp3) is 0.875. The van der Waals surface area contributed by atoms with Gasteiger partial charge < -0.3 is 14.6 Å². The predicted octanol–water partition coefficient (Wildman–Crippen LogP) is 0.0424. The normalized spacial score (nSPS) is 22.5. The molecule has 0 aliphatic carbocycles. The molecule has 0 radical (unpaired) electrons. The molecule has 76 valence electrons. The second-order valence-corrected chi connectivity index (χ2v) is 4.02. The van der Waals surface area contributed by atoms with Crippen LogP contribution in [0.3, 0.4) is 0 Å². The maximum atomic E-state index is 10.4. The first-order valence-electron chi connectivity index (χ1n) is 4.19. The highest BCUT2D eigenvalue weighted by molar-refractivity contribution is 7.99. The van der Waals surface area contributed by atoms with Crippen molar-refractivity contribution in [1.29, 1.82) is 0 Å². The van der Waals surface area contributed by atoms with E-state index in [2.05, 4.69) is 4.74 Å². The number of carbonyl (C=O) groups is 1. The van der Waals surface area contributed by atoms with Crippen molar-refractivity contribution in [3.05, 3.63) is 0 Å². The Morgan fingerprint density at radius 3 is 3.08 bits per heavy atom. The molecule has 1 saturated heterocycles. The number of hydrogen-bond acceptors (Lipinski definition) is 5. The van der Waals surface area contributed by atoms with Crippen LogP contribution in [-0.4, -0.2) is 48.0 Å². The molecule has 1 heterocycles. The zero-order valence-electron chi connectivity index (χ0n) is 7.56. The fourth-order valence-corrected chi connectivity index (χ4v) is 1.72. The first kappa shape index (κ1) is 10.8. The molecular weight excluding hydrogens is 192 g/mol. The minimum atomic E-state index is -0.562. The van der Waals surface area contributed by atoms with Crippen molar-refractivity contribution < 1.29 is 19.4 Å². The summed E-state index contributed by atoms with van der Waals surface area (Å²) in [4.78, 5) is 10.4. The Hall–Kier alpha value is -0.260. The highest BCUT2D eigenvalue weighted by Crippen LogP contribution is 2.16. The zero-order chi connectivity index (χ0) is 9.68. The lowest BCUT2D eigenvalue weighted by atomic mass is 10.4. The van der Waals surface area contributed by atoms with Gasteiger partial charge in [0.2, 0.25) is 0 Å². The van der Waals surface area contributed by atoms with Crippen molar-refractivity contribution in [1.82, 2.24) is 0 Å². The Labute approximate surface area is 81.6 Å². The highest BCUT2D eigenvalue weighted by Gasteiger charge is 2.22. The van der Waals surface area contributed by atoms with Gasteiger partial charge >= 0.3 is 5.97 Å². The summed E-state index contributed by atoms with van der Waals surface area (Å²) >= 11 is 1.62. The molecule has 1 aliphatic rings. The number of rotatable bonds is 6. The summed E-state index contributed by atoms with van der Waals surface area (Å²) in [6, 6.07) is 0. The van der Waals surface area contributed by atoms with E-state index in [-0.39, 0.29) is 12.6 Å². The Balaban J connectivity index is 1.89. The van der Waals surface area contributed by atoms with E-state index in [1.54, 1.807) is 11.8 Å². The quantitative estimate of drug-likeness (QED) is 0.491. The summed E-state index contributed by atoms with van der Waals surface area (Å²) < 4.78 is 9.64. The van der Waals surface area contributed by atoms with E-state index in [4.69, 9.17) is 4.74 Å². The number of esters is 1. The van der Waals surface area contributed by atoms with Crippen LogP contribution in [0.15, 0.2) is 0 Å². The largest absolute Gasteiger partial charge is 0.463 e. The predicted molar refractivity (Wildman–Crippen MR) is 49.7 cm³/mol. The van der Waals surface area contributed by atoms with E-state index in [1.165, 1.54) is 6.92 Å².